The number of hydrogen-bond acceptors (Lipinski definition) is 6. The first-order valence-electron chi connectivity index (χ1n) is 17.7. The molecule has 9 nitrogen and oxygen atoms in total. The minimum atomic E-state index is -0.431. The van der Waals surface area contributed by atoms with Gasteiger partial charge in [0.05, 0.1) is 18.2 Å². The third kappa shape index (κ3) is 14.3. The Balaban J connectivity index is 1.09. The molecule has 2 aliphatic heterocycles. The monoisotopic (exact) mass is 646 g/mol. The quantitative estimate of drug-likeness (QED) is 0.0547. The van der Waals surface area contributed by atoms with E-state index in [0.29, 0.717) is 31.2 Å². The van der Waals surface area contributed by atoms with Gasteiger partial charge in [-0.05, 0) is 57.4 Å². The molecular weight excluding hydrogens is 588 g/mol. The number of nitrogens with one attached hydrogen (secondary N) is 4. The van der Waals surface area contributed by atoms with Gasteiger partial charge >= 0.3 is 6.03 Å². The molecule has 1 aliphatic carbocycles. The average molecular weight is 647 g/mol. The fourth-order valence-electron chi connectivity index (χ4n) is 6.48. The molecule has 2 fully saturated rings. The predicted octanol–water partition coefficient (Wildman–Crippen LogP) is 5.32. The molecule has 0 aromatic rings. The van der Waals surface area contributed by atoms with Gasteiger partial charge in [0.2, 0.25) is 11.8 Å². The maximum atomic E-state index is 12.3. The SMILES string of the molecule is CCCCCC(O)C=CC1C=CC(=O)C1CCCCCCC(=O)NCCCCCNC(=O)CCCCC1SCC2NC(=O)NC21. The number of carbonyl (C=O) groups is 4. The van der Waals surface area contributed by atoms with Crippen LogP contribution in [0, 0.1) is 11.8 Å². The molecular formula is C35H58N4O5S. The molecule has 6 unspecified atom stereocenters. The Kier molecular flexibility index (Phi) is 17.7. The van der Waals surface area contributed by atoms with E-state index in [4.69, 9.17) is 0 Å². The Morgan fingerprint density at radius 2 is 1.58 bits per heavy atom. The van der Waals surface area contributed by atoms with Crippen molar-refractivity contribution < 1.29 is 24.3 Å². The van der Waals surface area contributed by atoms with Gasteiger partial charge in [0.15, 0.2) is 5.78 Å². The molecule has 45 heavy (non-hydrogen) atoms. The largest absolute Gasteiger partial charge is 0.389 e. The Labute approximate surface area is 275 Å². The van der Waals surface area contributed by atoms with Gasteiger partial charge in [-0.15, -0.1) is 0 Å². The van der Waals surface area contributed by atoms with E-state index < -0.39 is 6.10 Å². The van der Waals surface area contributed by atoms with Crippen molar-refractivity contribution in [1.82, 2.24) is 21.3 Å². The van der Waals surface area contributed by atoms with E-state index in [0.717, 1.165) is 102 Å². The minimum absolute atomic E-state index is 0.0167. The minimum Gasteiger partial charge on any atom is -0.389 e. The molecule has 2 heterocycles. The van der Waals surface area contributed by atoms with Crippen molar-refractivity contribution in [1.29, 1.82) is 0 Å². The van der Waals surface area contributed by atoms with E-state index in [1.54, 1.807) is 6.08 Å². The van der Waals surface area contributed by atoms with E-state index in [1.165, 1.54) is 0 Å². The summed E-state index contributed by atoms with van der Waals surface area (Å²) in [7, 11) is 0. The number of aliphatic hydroxyl groups is 1. The van der Waals surface area contributed by atoms with Crippen LogP contribution in [0.3, 0.4) is 0 Å². The Morgan fingerprint density at radius 3 is 2.31 bits per heavy atom. The van der Waals surface area contributed by atoms with Gasteiger partial charge in [-0.1, -0.05) is 70.1 Å². The molecule has 2 saturated heterocycles. The molecule has 4 amide bonds. The second kappa shape index (κ2) is 21.5. The maximum Gasteiger partial charge on any atom is 0.315 e. The third-order valence-electron chi connectivity index (χ3n) is 9.22. The lowest BCUT2D eigenvalue weighted by atomic mass is 9.88. The van der Waals surface area contributed by atoms with Gasteiger partial charge in [-0.2, -0.15) is 11.8 Å². The zero-order chi connectivity index (χ0) is 32.3. The summed E-state index contributed by atoms with van der Waals surface area (Å²) in [5.74, 6) is 1.43. The molecule has 0 saturated carbocycles. The van der Waals surface area contributed by atoms with Crippen LogP contribution in [-0.2, 0) is 14.4 Å². The summed E-state index contributed by atoms with van der Waals surface area (Å²) in [4.78, 5) is 48.1. The summed E-state index contributed by atoms with van der Waals surface area (Å²) in [6.07, 6.45) is 22.6. The van der Waals surface area contributed by atoms with E-state index in [-0.39, 0.29) is 47.5 Å². The normalized spacial score (nSPS) is 24.5. The van der Waals surface area contributed by atoms with Crippen molar-refractivity contribution in [3.8, 4) is 0 Å². The summed E-state index contributed by atoms with van der Waals surface area (Å²) in [5.41, 5.74) is 0. The molecule has 3 aliphatic rings. The van der Waals surface area contributed by atoms with Crippen molar-refractivity contribution in [3.05, 3.63) is 24.3 Å². The number of amides is 4. The first-order chi connectivity index (χ1) is 21.9. The molecule has 3 rings (SSSR count). The molecule has 0 aromatic carbocycles. The predicted molar refractivity (Wildman–Crippen MR) is 182 cm³/mol. The van der Waals surface area contributed by atoms with Crippen LogP contribution in [0.2, 0.25) is 0 Å². The lowest BCUT2D eigenvalue weighted by Gasteiger charge is -2.16. The van der Waals surface area contributed by atoms with Crippen molar-refractivity contribution in [2.75, 3.05) is 18.8 Å². The Morgan fingerprint density at radius 1 is 0.911 bits per heavy atom. The molecule has 0 spiro atoms. The molecule has 5 N–H and O–H groups in total. The smallest absolute Gasteiger partial charge is 0.315 e. The Hall–Kier alpha value is -2.33. The average Bonchev–Trinajstić information content (AvgIpc) is 3.69. The number of allylic oxidation sites excluding steroid dienone is 3. The number of carbonyl (C=O) groups excluding carboxylic acids is 4. The number of ketones is 1. The van der Waals surface area contributed by atoms with Gasteiger partial charge in [0.1, 0.15) is 0 Å². The molecule has 0 bridgehead atoms. The van der Waals surface area contributed by atoms with Gasteiger partial charge in [0, 0.05) is 48.8 Å². The number of fused-ring (bicyclic) bond motifs is 1. The van der Waals surface area contributed by atoms with Crippen LogP contribution >= 0.6 is 11.8 Å². The van der Waals surface area contributed by atoms with Crippen molar-refractivity contribution >= 4 is 35.4 Å². The fraction of sp³-hybridized carbons (Fsp3) is 0.771. The lowest BCUT2D eigenvalue weighted by molar-refractivity contribution is -0.121. The Bertz CT molecular complexity index is 989. The third-order valence-corrected chi connectivity index (χ3v) is 10.7. The lowest BCUT2D eigenvalue weighted by Crippen LogP contribution is -2.36. The highest BCUT2D eigenvalue weighted by Gasteiger charge is 2.42. The number of thioether (sulfide) groups is 1. The summed E-state index contributed by atoms with van der Waals surface area (Å²) in [6, 6.07) is 0.429. The summed E-state index contributed by atoms with van der Waals surface area (Å²) in [5, 5.41) is 22.6. The maximum absolute atomic E-state index is 12.3. The number of hydrogen-bond donors (Lipinski definition) is 5. The second-order valence-corrected chi connectivity index (χ2v) is 14.2. The van der Waals surface area contributed by atoms with Crippen LogP contribution < -0.4 is 21.3 Å². The van der Waals surface area contributed by atoms with Crippen molar-refractivity contribution in [2.45, 2.75) is 140 Å². The van der Waals surface area contributed by atoms with Gasteiger partial charge in [0.25, 0.3) is 0 Å². The molecule has 254 valence electrons. The van der Waals surface area contributed by atoms with Crippen LogP contribution in [0.1, 0.15) is 116 Å². The fourth-order valence-corrected chi connectivity index (χ4v) is 8.02. The van der Waals surface area contributed by atoms with Crippen LogP contribution in [0.4, 0.5) is 4.79 Å². The van der Waals surface area contributed by atoms with E-state index in [9.17, 15) is 24.3 Å². The van der Waals surface area contributed by atoms with Crippen LogP contribution in [-0.4, -0.2) is 71.0 Å². The van der Waals surface area contributed by atoms with Gasteiger partial charge in [-0.25, -0.2) is 4.79 Å². The van der Waals surface area contributed by atoms with Crippen molar-refractivity contribution in [2.24, 2.45) is 11.8 Å². The van der Waals surface area contributed by atoms with Crippen LogP contribution in [0.15, 0.2) is 24.3 Å². The summed E-state index contributed by atoms with van der Waals surface area (Å²) < 4.78 is 0. The van der Waals surface area contributed by atoms with E-state index >= 15 is 0 Å². The van der Waals surface area contributed by atoms with Crippen LogP contribution in [0.5, 0.6) is 0 Å². The van der Waals surface area contributed by atoms with Crippen molar-refractivity contribution in [3.63, 3.8) is 0 Å². The number of aliphatic hydroxyl groups excluding tert-OH is 1. The number of rotatable bonds is 24. The number of urea groups is 1. The summed E-state index contributed by atoms with van der Waals surface area (Å²) >= 11 is 1.91. The first-order valence-corrected chi connectivity index (χ1v) is 18.7. The number of unbranched alkanes of at least 4 members (excludes halogenated alkanes) is 8. The highest BCUT2D eigenvalue weighted by molar-refractivity contribution is 8.00. The van der Waals surface area contributed by atoms with E-state index in [2.05, 4.69) is 28.2 Å². The van der Waals surface area contributed by atoms with Gasteiger partial charge in [-0.3, -0.25) is 14.4 Å². The zero-order valence-electron chi connectivity index (χ0n) is 27.4. The zero-order valence-corrected chi connectivity index (χ0v) is 28.2. The topological polar surface area (TPSA) is 137 Å². The molecule has 10 heteroatoms. The second-order valence-electron chi connectivity index (χ2n) is 13.0. The van der Waals surface area contributed by atoms with Crippen LogP contribution in [0.25, 0.3) is 0 Å². The highest BCUT2D eigenvalue weighted by Crippen LogP contribution is 2.33. The first kappa shape index (κ1) is 37.1. The molecule has 0 aromatic heterocycles. The highest BCUT2D eigenvalue weighted by atomic mass is 32.2. The van der Waals surface area contributed by atoms with E-state index in [1.807, 2.05) is 30.0 Å². The molecule has 6 atom stereocenters. The summed E-state index contributed by atoms with van der Waals surface area (Å²) in [6.45, 7) is 3.49. The molecule has 0 radical (unpaired) electrons. The van der Waals surface area contributed by atoms with Gasteiger partial charge < -0.3 is 26.4 Å². The standard InChI is InChI=1S/C35H58N4O5S/c1-2-3-7-14-27(40)21-19-26-20-22-30(41)28(26)15-8-4-5-9-17-32(42)36-23-12-6-13-24-37-33(43)18-11-10-16-31-34-29(25-45-31)38-35(44)39-34/h19-22,26-29,31,34,40H,2-18,23-25H2,1H3,(H,36,42)(H,37,43)(H2,38,39,44).